The van der Waals surface area contributed by atoms with Gasteiger partial charge in [-0.3, -0.25) is 10.1 Å². The normalized spacial score (nSPS) is 15.2. The van der Waals surface area contributed by atoms with Crippen molar-refractivity contribution < 1.29 is 14.5 Å². The third-order valence-electron chi connectivity index (χ3n) is 3.69. The van der Waals surface area contributed by atoms with Crippen molar-refractivity contribution >= 4 is 46.7 Å². The lowest BCUT2D eigenvalue weighted by molar-refractivity contribution is -0.385. The van der Waals surface area contributed by atoms with Crippen LogP contribution in [0.3, 0.4) is 0 Å². The number of carbonyl (C=O) groups excluding carboxylic acids is 1. The van der Waals surface area contributed by atoms with Crippen molar-refractivity contribution in [3.05, 3.63) is 84.9 Å². The van der Waals surface area contributed by atoms with Crippen molar-refractivity contribution in [3.63, 3.8) is 0 Å². The largest absolute Gasteiger partial charge is 0.422 e. The molecule has 126 valence electrons. The Hall–Kier alpha value is -2.63. The van der Waals surface area contributed by atoms with Gasteiger partial charge in [0.05, 0.1) is 10.5 Å². The van der Waals surface area contributed by atoms with Crippen LogP contribution in [-0.2, 0) is 9.53 Å². The number of nitrogens with zero attached hydrogens (tertiary/aromatic N) is 1. The maximum atomic E-state index is 12.1. The zero-order valence-corrected chi connectivity index (χ0v) is 14.5. The number of hydrogen-bond donors (Lipinski definition) is 0. The second-order valence-electron chi connectivity index (χ2n) is 5.42. The van der Waals surface area contributed by atoms with Gasteiger partial charge in [-0.2, -0.15) is 0 Å². The predicted octanol–water partition coefficient (Wildman–Crippen LogP) is 5.19. The van der Waals surface area contributed by atoms with Crippen molar-refractivity contribution in [1.82, 2.24) is 0 Å². The molecule has 25 heavy (non-hydrogen) atoms. The summed E-state index contributed by atoms with van der Waals surface area (Å²) in [5.74, 6) is -0.298. The Bertz CT molecular complexity index is 964. The van der Waals surface area contributed by atoms with Crippen LogP contribution in [0.1, 0.15) is 16.7 Å². The summed E-state index contributed by atoms with van der Waals surface area (Å²) in [4.78, 5) is 22.7. The van der Waals surface area contributed by atoms with Gasteiger partial charge in [0.1, 0.15) is 5.76 Å². The molecule has 0 saturated carbocycles. The summed E-state index contributed by atoms with van der Waals surface area (Å²) in [6.07, 6.45) is 3.11. The Morgan fingerprint density at radius 1 is 1.16 bits per heavy atom. The standard InChI is InChI=1S/C18H11Cl2NO4/c1-10-2-3-12(7-16(10)21(23)24)17-8-13(18(22)25-17)6-11-4-5-14(19)9-15(11)20/h2-9H,1H3. The summed E-state index contributed by atoms with van der Waals surface area (Å²) in [7, 11) is 0. The second-order valence-corrected chi connectivity index (χ2v) is 6.27. The summed E-state index contributed by atoms with van der Waals surface area (Å²) in [5, 5.41) is 12.0. The fourth-order valence-electron chi connectivity index (χ4n) is 2.38. The Morgan fingerprint density at radius 2 is 1.92 bits per heavy atom. The minimum Gasteiger partial charge on any atom is -0.422 e. The van der Waals surface area contributed by atoms with E-state index in [1.165, 1.54) is 12.1 Å². The van der Waals surface area contributed by atoms with E-state index in [0.29, 0.717) is 32.3 Å². The monoisotopic (exact) mass is 375 g/mol. The van der Waals surface area contributed by atoms with Crippen LogP contribution < -0.4 is 0 Å². The molecule has 7 heteroatoms. The van der Waals surface area contributed by atoms with Crippen molar-refractivity contribution in [2.75, 3.05) is 0 Å². The molecule has 0 atom stereocenters. The van der Waals surface area contributed by atoms with Crippen LogP contribution in [0.4, 0.5) is 5.69 Å². The van der Waals surface area contributed by atoms with E-state index < -0.39 is 10.9 Å². The number of carbonyl (C=O) groups is 1. The zero-order chi connectivity index (χ0) is 18.1. The molecule has 0 spiro atoms. The molecule has 1 aliphatic heterocycles. The molecule has 1 heterocycles. The fourth-order valence-corrected chi connectivity index (χ4v) is 2.84. The van der Waals surface area contributed by atoms with Crippen LogP contribution in [0.5, 0.6) is 0 Å². The van der Waals surface area contributed by atoms with Crippen molar-refractivity contribution in [3.8, 4) is 0 Å². The van der Waals surface area contributed by atoms with Crippen LogP contribution in [-0.4, -0.2) is 10.9 Å². The summed E-state index contributed by atoms with van der Waals surface area (Å²) in [6, 6.07) is 9.58. The number of rotatable bonds is 3. The van der Waals surface area contributed by atoms with Crippen molar-refractivity contribution in [2.45, 2.75) is 6.92 Å². The first-order valence-corrected chi connectivity index (χ1v) is 7.97. The SMILES string of the molecule is Cc1ccc(C2=CC(=Cc3ccc(Cl)cc3Cl)C(=O)O2)cc1[N+](=O)[O-]. The number of esters is 1. The minimum absolute atomic E-state index is 0.0346. The lowest BCUT2D eigenvalue weighted by Crippen LogP contribution is -1.98. The molecule has 3 rings (SSSR count). The molecule has 0 N–H and O–H groups in total. The molecular weight excluding hydrogens is 365 g/mol. The predicted molar refractivity (Wildman–Crippen MR) is 96.3 cm³/mol. The molecule has 0 saturated heterocycles. The Labute approximate surface area is 153 Å². The van der Waals surface area contributed by atoms with Crippen molar-refractivity contribution in [2.24, 2.45) is 0 Å². The molecule has 0 radical (unpaired) electrons. The summed E-state index contributed by atoms with van der Waals surface area (Å²) in [6.45, 7) is 1.64. The highest BCUT2D eigenvalue weighted by atomic mass is 35.5. The first kappa shape index (κ1) is 17.2. The number of benzene rings is 2. The Morgan fingerprint density at radius 3 is 2.60 bits per heavy atom. The number of hydrogen-bond acceptors (Lipinski definition) is 4. The van der Waals surface area contributed by atoms with Gasteiger partial charge in [0, 0.05) is 27.2 Å². The molecular formula is C18H11Cl2NO4. The van der Waals surface area contributed by atoms with E-state index in [1.807, 2.05) is 0 Å². The van der Waals surface area contributed by atoms with Crippen LogP contribution >= 0.6 is 23.2 Å². The van der Waals surface area contributed by atoms with Gasteiger partial charge < -0.3 is 4.74 Å². The molecule has 0 unspecified atom stereocenters. The maximum absolute atomic E-state index is 12.1. The number of nitro benzene ring substituents is 1. The van der Waals surface area contributed by atoms with Gasteiger partial charge in [-0.1, -0.05) is 41.4 Å². The molecule has 0 amide bonds. The first-order valence-electron chi connectivity index (χ1n) is 7.21. The van der Waals surface area contributed by atoms with Crippen molar-refractivity contribution in [1.29, 1.82) is 0 Å². The van der Waals surface area contributed by atoms with Crippen LogP contribution in [0.25, 0.3) is 11.8 Å². The molecule has 0 aliphatic carbocycles. The summed E-state index contributed by atoms with van der Waals surface area (Å²) < 4.78 is 5.23. The number of ether oxygens (including phenoxy) is 1. The fraction of sp³-hybridized carbons (Fsp3) is 0.0556. The Kier molecular flexibility index (Phi) is 4.61. The highest BCUT2D eigenvalue weighted by molar-refractivity contribution is 6.35. The summed E-state index contributed by atoms with van der Waals surface area (Å²) >= 11 is 12.0. The van der Waals surface area contributed by atoms with Gasteiger partial charge in [0.15, 0.2) is 0 Å². The maximum Gasteiger partial charge on any atom is 0.343 e. The van der Waals surface area contributed by atoms with Crippen LogP contribution in [0.15, 0.2) is 48.0 Å². The molecule has 0 bridgehead atoms. The quantitative estimate of drug-likeness (QED) is 0.320. The average Bonchev–Trinajstić information content (AvgIpc) is 2.91. The molecule has 0 aromatic heterocycles. The topological polar surface area (TPSA) is 69.4 Å². The van der Waals surface area contributed by atoms with E-state index in [0.717, 1.165) is 0 Å². The number of halogens is 2. The van der Waals surface area contributed by atoms with Gasteiger partial charge in [-0.05, 0) is 36.8 Å². The number of cyclic esters (lactones) is 1. The van der Waals surface area contributed by atoms with Crippen LogP contribution in [0, 0.1) is 17.0 Å². The zero-order valence-electron chi connectivity index (χ0n) is 13.0. The van der Waals surface area contributed by atoms with Gasteiger partial charge >= 0.3 is 5.97 Å². The van der Waals surface area contributed by atoms with E-state index in [4.69, 9.17) is 27.9 Å². The second kappa shape index (κ2) is 6.70. The highest BCUT2D eigenvalue weighted by Crippen LogP contribution is 2.32. The number of nitro groups is 1. The van der Waals surface area contributed by atoms with Crippen LogP contribution in [0.2, 0.25) is 10.0 Å². The molecule has 1 aliphatic rings. The number of aryl methyl sites for hydroxylation is 1. The van der Waals surface area contributed by atoms with E-state index in [9.17, 15) is 14.9 Å². The van der Waals surface area contributed by atoms with E-state index in [-0.39, 0.29) is 11.4 Å². The van der Waals surface area contributed by atoms with Gasteiger partial charge in [-0.25, -0.2) is 4.79 Å². The van der Waals surface area contributed by atoms with Gasteiger partial charge in [0.2, 0.25) is 0 Å². The third-order valence-corrected chi connectivity index (χ3v) is 4.25. The average molecular weight is 376 g/mol. The summed E-state index contributed by atoms with van der Waals surface area (Å²) in [5.41, 5.74) is 1.86. The van der Waals surface area contributed by atoms with Gasteiger partial charge in [-0.15, -0.1) is 0 Å². The lowest BCUT2D eigenvalue weighted by Gasteiger charge is -2.03. The minimum atomic E-state index is -0.552. The van der Waals surface area contributed by atoms with E-state index in [1.54, 1.807) is 43.3 Å². The lowest BCUT2D eigenvalue weighted by atomic mass is 10.1. The van der Waals surface area contributed by atoms with E-state index in [2.05, 4.69) is 0 Å². The molecule has 2 aromatic carbocycles. The first-order chi connectivity index (χ1) is 11.8. The third kappa shape index (κ3) is 3.57. The highest BCUT2D eigenvalue weighted by Gasteiger charge is 2.24. The van der Waals surface area contributed by atoms with E-state index >= 15 is 0 Å². The molecule has 2 aromatic rings. The molecule has 5 nitrogen and oxygen atoms in total. The van der Waals surface area contributed by atoms with Gasteiger partial charge in [0.25, 0.3) is 5.69 Å². The smallest absolute Gasteiger partial charge is 0.343 e. The Balaban J connectivity index is 1.99. The molecule has 0 fully saturated rings.